The zero-order valence-corrected chi connectivity index (χ0v) is 8.74. The highest BCUT2D eigenvalue weighted by atomic mass is 35.5. The quantitative estimate of drug-likeness (QED) is 0.619. The van der Waals surface area contributed by atoms with E-state index in [-0.39, 0.29) is 5.24 Å². The Balaban J connectivity index is 3.16. The van der Waals surface area contributed by atoms with Crippen LogP contribution in [0.1, 0.15) is 26.7 Å². The van der Waals surface area contributed by atoms with E-state index in [1.54, 1.807) is 0 Å². The second kappa shape index (κ2) is 3.93. The van der Waals surface area contributed by atoms with Crippen LogP contribution in [0, 0.1) is 0 Å². The van der Waals surface area contributed by atoms with Gasteiger partial charge in [0.25, 0.3) is 5.24 Å². The second-order valence-corrected chi connectivity index (χ2v) is 3.71. The van der Waals surface area contributed by atoms with Gasteiger partial charge in [0.15, 0.2) is 0 Å². The van der Waals surface area contributed by atoms with Crippen molar-refractivity contribution in [3.8, 4) is 0 Å². The van der Waals surface area contributed by atoms with E-state index >= 15 is 0 Å². The van der Waals surface area contributed by atoms with Crippen molar-refractivity contribution in [1.82, 2.24) is 0 Å². The Labute approximate surface area is 83.8 Å². The lowest BCUT2D eigenvalue weighted by Gasteiger charge is -2.17. The average molecular weight is 197 g/mol. The van der Waals surface area contributed by atoms with Crippen LogP contribution in [-0.4, -0.2) is 5.24 Å². The average Bonchev–Trinajstić information content (AvgIpc) is 2.02. The summed E-state index contributed by atoms with van der Waals surface area (Å²) in [6, 6.07) is 0. The van der Waals surface area contributed by atoms with Gasteiger partial charge in [-0.3, -0.25) is 4.79 Å². The van der Waals surface area contributed by atoms with Crippen LogP contribution in [0.25, 0.3) is 0 Å². The third-order valence-electron chi connectivity index (χ3n) is 2.22. The van der Waals surface area contributed by atoms with Crippen molar-refractivity contribution in [3.05, 3.63) is 34.9 Å². The van der Waals surface area contributed by atoms with Gasteiger partial charge in [0.2, 0.25) is 0 Å². The number of hydrogen-bond donors (Lipinski definition) is 0. The molecule has 1 aliphatic carbocycles. The van der Waals surface area contributed by atoms with Crippen LogP contribution in [0.3, 0.4) is 0 Å². The van der Waals surface area contributed by atoms with Gasteiger partial charge in [-0.1, -0.05) is 23.8 Å². The predicted molar refractivity (Wildman–Crippen MR) is 55.7 cm³/mol. The Hall–Kier alpha value is -0.820. The molecule has 0 bridgehead atoms. The van der Waals surface area contributed by atoms with Gasteiger partial charge in [0.1, 0.15) is 0 Å². The second-order valence-electron chi connectivity index (χ2n) is 3.37. The lowest BCUT2D eigenvalue weighted by molar-refractivity contribution is -0.108. The third-order valence-corrected chi connectivity index (χ3v) is 2.41. The first-order valence-electron chi connectivity index (χ1n) is 4.30. The molecular weight excluding hydrogens is 184 g/mol. The van der Waals surface area contributed by atoms with E-state index in [4.69, 9.17) is 11.6 Å². The van der Waals surface area contributed by atoms with Crippen LogP contribution in [0.15, 0.2) is 34.9 Å². The first-order chi connectivity index (χ1) is 6.04. The predicted octanol–water partition coefficient (Wildman–Crippen LogP) is 3.36. The van der Waals surface area contributed by atoms with E-state index in [1.807, 2.05) is 19.9 Å². The third kappa shape index (κ3) is 2.10. The van der Waals surface area contributed by atoms with Crippen molar-refractivity contribution in [3.63, 3.8) is 0 Å². The van der Waals surface area contributed by atoms with Gasteiger partial charge in [-0.25, -0.2) is 0 Å². The molecule has 1 aliphatic rings. The number of carbonyl (C=O) groups is 1. The summed E-state index contributed by atoms with van der Waals surface area (Å²) in [5.74, 6) is 0. The topological polar surface area (TPSA) is 17.1 Å². The van der Waals surface area contributed by atoms with Gasteiger partial charge >= 0.3 is 0 Å². The summed E-state index contributed by atoms with van der Waals surface area (Å²) in [5, 5.41) is -0.369. The fraction of sp³-hybridized carbons (Fsp3) is 0.364. The van der Waals surface area contributed by atoms with Crippen LogP contribution in [0.4, 0.5) is 0 Å². The largest absolute Gasteiger partial charge is 0.276 e. The molecular formula is C11H13ClO. The maximum Gasteiger partial charge on any atom is 0.252 e. The molecule has 0 aliphatic heterocycles. The molecule has 1 nitrogen and oxygen atoms in total. The monoisotopic (exact) mass is 196 g/mol. The highest BCUT2D eigenvalue weighted by molar-refractivity contribution is 6.68. The molecule has 70 valence electrons. The standard InChI is InChI=1S/C11H13ClO/c1-7(2)9-6-4-5-8(3)10(9)11(12)13/h6H,1,4-5H2,2-3H3. The van der Waals surface area contributed by atoms with E-state index in [9.17, 15) is 4.79 Å². The SMILES string of the molecule is C=C(C)C1=CCCC(C)=C1C(=O)Cl. The Bertz CT molecular complexity index is 321. The Kier molecular flexibility index (Phi) is 3.10. The van der Waals surface area contributed by atoms with Gasteiger partial charge < -0.3 is 0 Å². The van der Waals surface area contributed by atoms with Gasteiger partial charge in [-0.05, 0) is 43.9 Å². The Morgan fingerprint density at radius 2 is 2.23 bits per heavy atom. The normalized spacial score (nSPS) is 17.0. The highest BCUT2D eigenvalue weighted by Gasteiger charge is 2.18. The van der Waals surface area contributed by atoms with E-state index in [0.717, 1.165) is 29.6 Å². The number of halogens is 1. The van der Waals surface area contributed by atoms with Gasteiger partial charge in [0, 0.05) is 5.57 Å². The maximum absolute atomic E-state index is 11.1. The van der Waals surface area contributed by atoms with Crippen LogP contribution >= 0.6 is 11.6 Å². The lowest BCUT2D eigenvalue weighted by Crippen LogP contribution is -2.06. The van der Waals surface area contributed by atoms with E-state index in [0.29, 0.717) is 5.57 Å². The summed E-state index contributed by atoms with van der Waals surface area (Å²) >= 11 is 5.51. The molecule has 0 unspecified atom stereocenters. The minimum Gasteiger partial charge on any atom is -0.276 e. The summed E-state index contributed by atoms with van der Waals surface area (Å²) in [6.45, 7) is 7.68. The molecule has 0 heterocycles. The van der Waals surface area contributed by atoms with Crippen molar-refractivity contribution in [2.45, 2.75) is 26.7 Å². The molecule has 2 heteroatoms. The summed E-state index contributed by atoms with van der Waals surface area (Å²) in [4.78, 5) is 11.1. The number of rotatable bonds is 2. The van der Waals surface area contributed by atoms with Gasteiger partial charge in [-0.2, -0.15) is 0 Å². The Morgan fingerprint density at radius 1 is 1.62 bits per heavy atom. The van der Waals surface area contributed by atoms with Crippen LogP contribution in [0.2, 0.25) is 0 Å². The van der Waals surface area contributed by atoms with Crippen LogP contribution in [-0.2, 0) is 4.79 Å². The molecule has 0 saturated carbocycles. The van der Waals surface area contributed by atoms with Crippen LogP contribution in [0.5, 0.6) is 0 Å². The molecule has 0 aromatic carbocycles. The molecule has 0 fully saturated rings. The van der Waals surface area contributed by atoms with E-state index in [2.05, 4.69) is 6.58 Å². The smallest absolute Gasteiger partial charge is 0.252 e. The molecule has 0 spiro atoms. The summed E-state index contributed by atoms with van der Waals surface area (Å²) in [6.07, 6.45) is 3.93. The van der Waals surface area contributed by atoms with Gasteiger partial charge in [0.05, 0.1) is 0 Å². The minimum absolute atomic E-state index is 0.369. The maximum atomic E-state index is 11.1. The molecule has 0 aromatic rings. The highest BCUT2D eigenvalue weighted by Crippen LogP contribution is 2.30. The van der Waals surface area contributed by atoms with Gasteiger partial charge in [-0.15, -0.1) is 0 Å². The molecule has 0 aromatic heterocycles. The summed E-state index contributed by atoms with van der Waals surface area (Å²) in [5.41, 5.74) is 3.55. The number of carbonyl (C=O) groups excluding carboxylic acids is 1. The van der Waals surface area contributed by atoms with E-state index < -0.39 is 0 Å². The molecule has 0 amide bonds. The van der Waals surface area contributed by atoms with Crippen molar-refractivity contribution < 1.29 is 4.79 Å². The first kappa shape index (κ1) is 10.3. The molecule has 1 rings (SSSR count). The van der Waals surface area contributed by atoms with Crippen LogP contribution < -0.4 is 0 Å². The summed E-state index contributed by atoms with van der Waals surface area (Å²) in [7, 11) is 0. The number of hydrogen-bond acceptors (Lipinski definition) is 1. The van der Waals surface area contributed by atoms with Crippen molar-refractivity contribution in [2.24, 2.45) is 0 Å². The molecule has 13 heavy (non-hydrogen) atoms. The fourth-order valence-electron chi connectivity index (χ4n) is 1.55. The molecule has 0 radical (unpaired) electrons. The number of allylic oxidation sites excluding steroid dienone is 5. The lowest BCUT2D eigenvalue weighted by atomic mass is 9.89. The summed E-state index contributed by atoms with van der Waals surface area (Å²) < 4.78 is 0. The molecule has 0 atom stereocenters. The fourth-order valence-corrected chi connectivity index (χ4v) is 1.81. The van der Waals surface area contributed by atoms with Crippen molar-refractivity contribution in [1.29, 1.82) is 0 Å². The minimum atomic E-state index is -0.369. The van der Waals surface area contributed by atoms with Crippen molar-refractivity contribution in [2.75, 3.05) is 0 Å². The Morgan fingerprint density at radius 3 is 2.62 bits per heavy atom. The van der Waals surface area contributed by atoms with Crippen molar-refractivity contribution >= 4 is 16.8 Å². The molecule has 0 saturated heterocycles. The van der Waals surface area contributed by atoms with E-state index in [1.165, 1.54) is 0 Å². The molecule has 0 N–H and O–H groups in total. The zero-order valence-electron chi connectivity index (χ0n) is 7.98. The zero-order chi connectivity index (χ0) is 10.0. The first-order valence-corrected chi connectivity index (χ1v) is 4.68.